The van der Waals surface area contributed by atoms with Crippen LogP contribution in [0.3, 0.4) is 0 Å². The number of amides is 1. The van der Waals surface area contributed by atoms with E-state index in [4.69, 9.17) is 0 Å². The lowest BCUT2D eigenvalue weighted by Gasteiger charge is -2.20. The van der Waals surface area contributed by atoms with Gasteiger partial charge in [0.1, 0.15) is 0 Å². The Morgan fingerprint density at radius 1 is 1.53 bits per heavy atom. The van der Waals surface area contributed by atoms with E-state index in [1.54, 1.807) is 11.8 Å². The molecular formula is C9H18N2O3S. The summed E-state index contributed by atoms with van der Waals surface area (Å²) in [4.78, 5) is 13.2. The van der Waals surface area contributed by atoms with Crippen LogP contribution in [0, 0.1) is 0 Å². The summed E-state index contributed by atoms with van der Waals surface area (Å²) < 4.78 is 25.1. The minimum Gasteiger partial charge on any atom is -0.339 e. The average molecular weight is 234 g/mol. The molecule has 88 valence electrons. The van der Waals surface area contributed by atoms with E-state index in [0.29, 0.717) is 6.54 Å². The summed E-state index contributed by atoms with van der Waals surface area (Å²) in [7, 11) is -3.20. The molecule has 1 atom stereocenters. The maximum absolute atomic E-state index is 11.5. The minimum absolute atomic E-state index is 0.0220. The van der Waals surface area contributed by atoms with E-state index < -0.39 is 10.0 Å². The Bertz CT molecular complexity index is 337. The minimum atomic E-state index is -3.20. The van der Waals surface area contributed by atoms with Crippen LogP contribution in [0.5, 0.6) is 0 Å². The first-order chi connectivity index (χ1) is 6.85. The second-order valence-corrected chi connectivity index (χ2v) is 6.10. The molecule has 1 N–H and O–H groups in total. The predicted molar refractivity (Wildman–Crippen MR) is 57.9 cm³/mol. The average Bonchev–Trinajstić information content (AvgIpc) is 2.46. The van der Waals surface area contributed by atoms with Gasteiger partial charge >= 0.3 is 0 Å². The van der Waals surface area contributed by atoms with E-state index >= 15 is 0 Å². The Kier molecular flexibility index (Phi) is 3.72. The number of hydrogen-bond acceptors (Lipinski definition) is 3. The van der Waals surface area contributed by atoms with Crippen molar-refractivity contribution in [2.75, 3.05) is 12.3 Å². The van der Waals surface area contributed by atoms with Gasteiger partial charge in [-0.05, 0) is 20.8 Å². The second kappa shape index (κ2) is 4.49. The molecular weight excluding hydrogens is 216 g/mol. The molecule has 1 aliphatic rings. The van der Waals surface area contributed by atoms with Gasteiger partial charge in [0.05, 0.1) is 5.75 Å². The highest BCUT2D eigenvalue weighted by molar-refractivity contribution is 7.89. The van der Waals surface area contributed by atoms with Gasteiger partial charge in [-0.3, -0.25) is 4.79 Å². The fourth-order valence-electron chi connectivity index (χ4n) is 1.65. The number of sulfonamides is 1. The Hall–Kier alpha value is -0.620. The molecule has 0 radical (unpaired) electrons. The largest absolute Gasteiger partial charge is 0.339 e. The number of likely N-dealkylation sites (tertiary alicyclic amines) is 1. The van der Waals surface area contributed by atoms with Crippen LogP contribution in [0.15, 0.2) is 0 Å². The van der Waals surface area contributed by atoms with Gasteiger partial charge in [-0.2, -0.15) is 0 Å². The lowest BCUT2D eigenvalue weighted by Crippen LogP contribution is -2.39. The van der Waals surface area contributed by atoms with Crippen LogP contribution < -0.4 is 4.72 Å². The lowest BCUT2D eigenvalue weighted by atomic mass is 10.3. The van der Waals surface area contributed by atoms with E-state index in [9.17, 15) is 13.2 Å². The molecule has 1 amide bonds. The normalized spacial score (nSPS) is 22.8. The second-order valence-electron chi connectivity index (χ2n) is 4.06. The highest BCUT2D eigenvalue weighted by Gasteiger charge is 2.32. The summed E-state index contributed by atoms with van der Waals surface area (Å²) in [5.74, 6) is 0.0770. The number of carbonyl (C=O) groups excluding carboxylic acids is 1. The number of carbonyl (C=O) groups is 1. The molecule has 1 saturated heterocycles. The predicted octanol–water partition coefficient (Wildman–Crippen LogP) is -0.0650. The van der Waals surface area contributed by atoms with E-state index in [2.05, 4.69) is 4.72 Å². The van der Waals surface area contributed by atoms with Crippen molar-refractivity contribution in [1.29, 1.82) is 0 Å². The molecule has 0 aliphatic carbocycles. The third-order valence-electron chi connectivity index (χ3n) is 2.51. The van der Waals surface area contributed by atoms with Crippen LogP contribution in [-0.2, 0) is 14.8 Å². The Labute approximate surface area is 90.9 Å². The zero-order valence-corrected chi connectivity index (χ0v) is 10.2. The van der Waals surface area contributed by atoms with Crippen molar-refractivity contribution in [1.82, 2.24) is 9.62 Å². The summed E-state index contributed by atoms with van der Waals surface area (Å²) >= 11 is 0. The van der Waals surface area contributed by atoms with Crippen molar-refractivity contribution in [3.8, 4) is 0 Å². The molecule has 0 saturated carbocycles. The molecule has 0 aromatic rings. The summed E-state index contributed by atoms with van der Waals surface area (Å²) in [6.45, 7) is 5.91. The molecule has 1 fully saturated rings. The van der Waals surface area contributed by atoms with Crippen molar-refractivity contribution in [2.24, 2.45) is 0 Å². The van der Waals surface area contributed by atoms with E-state index in [-0.39, 0.29) is 30.2 Å². The highest BCUT2D eigenvalue weighted by atomic mass is 32.2. The lowest BCUT2D eigenvalue weighted by molar-refractivity contribution is -0.129. The van der Waals surface area contributed by atoms with Gasteiger partial charge in [-0.15, -0.1) is 0 Å². The maximum Gasteiger partial charge on any atom is 0.224 e. The van der Waals surface area contributed by atoms with Crippen LogP contribution in [-0.4, -0.2) is 43.6 Å². The van der Waals surface area contributed by atoms with Crippen molar-refractivity contribution >= 4 is 15.9 Å². The topological polar surface area (TPSA) is 66.5 Å². The SMILES string of the molecule is CCS(=O)(=O)NC1CC(=O)N(C(C)C)C1. The molecule has 5 nitrogen and oxygen atoms in total. The number of nitrogens with zero attached hydrogens (tertiary/aromatic N) is 1. The number of rotatable bonds is 4. The molecule has 6 heteroatoms. The van der Waals surface area contributed by atoms with Gasteiger partial charge < -0.3 is 4.90 Å². The highest BCUT2D eigenvalue weighted by Crippen LogP contribution is 2.14. The summed E-state index contributed by atoms with van der Waals surface area (Å²) in [5, 5.41) is 0. The molecule has 0 spiro atoms. The van der Waals surface area contributed by atoms with Crippen molar-refractivity contribution in [3.05, 3.63) is 0 Å². The van der Waals surface area contributed by atoms with E-state index in [1.165, 1.54) is 0 Å². The summed E-state index contributed by atoms with van der Waals surface area (Å²) in [6.07, 6.45) is 0.275. The number of nitrogens with one attached hydrogen (secondary N) is 1. The van der Waals surface area contributed by atoms with Gasteiger partial charge in [-0.1, -0.05) is 0 Å². The maximum atomic E-state index is 11.5. The van der Waals surface area contributed by atoms with Gasteiger partial charge in [-0.25, -0.2) is 13.1 Å². The van der Waals surface area contributed by atoms with Gasteiger partial charge in [0, 0.05) is 25.0 Å². The summed E-state index contributed by atoms with van der Waals surface area (Å²) in [6, 6.07) is -0.126. The molecule has 1 heterocycles. The summed E-state index contributed by atoms with van der Waals surface area (Å²) in [5.41, 5.74) is 0. The molecule has 0 bridgehead atoms. The Morgan fingerprint density at radius 2 is 2.13 bits per heavy atom. The van der Waals surface area contributed by atoms with E-state index in [0.717, 1.165) is 0 Å². The van der Waals surface area contributed by atoms with Crippen LogP contribution in [0.4, 0.5) is 0 Å². The van der Waals surface area contributed by atoms with Crippen LogP contribution in [0.25, 0.3) is 0 Å². The first-order valence-corrected chi connectivity index (χ1v) is 6.80. The molecule has 1 rings (SSSR count). The third kappa shape index (κ3) is 3.17. The van der Waals surface area contributed by atoms with Gasteiger partial charge in [0.2, 0.25) is 15.9 Å². The quantitative estimate of drug-likeness (QED) is 0.740. The fraction of sp³-hybridized carbons (Fsp3) is 0.889. The monoisotopic (exact) mass is 234 g/mol. The van der Waals surface area contributed by atoms with Crippen LogP contribution in [0.1, 0.15) is 27.2 Å². The standard InChI is InChI=1S/C9H18N2O3S/c1-4-15(13,14)10-8-5-9(12)11(6-8)7(2)3/h7-8,10H,4-6H2,1-3H3. The van der Waals surface area contributed by atoms with Gasteiger partial charge in [0.25, 0.3) is 0 Å². The molecule has 1 unspecified atom stereocenters. The Morgan fingerprint density at radius 3 is 2.53 bits per heavy atom. The molecule has 1 aliphatic heterocycles. The zero-order valence-electron chi connectivity index (χ0n) is 9.36. The molecule has 0 aromatic carbocycles. The Balaban J connectivity index is 2.60. The smallest absolute Gasteiger partial charge is 0.224 e. The molecule has 0 aromatic heterocycles. The number of hydrogen-bond donors (Lipinski definition) is 1. The van der Waals surface area contributed by atoms with E-state index in [1.807, 2.05) is 13.8 Å². The van der Waals surface area contributed by atoms with Crippen LogP contribution >= 0.6 is 0 Å². The first-order valence-electron chi connectivity index (χ1n) is 5.15. The van der Waals surface area contributed by atoms with Crippen molar-refractivity contribution in [2.45, 2.75) is 39.3 Å². The van der Waals surface area contributed by atoms with Crippen molar-refractivity contribution in [3.63, 3.8) is 0 Å². The first kappa shape index (κ1) is 12.4. The third-order valence-corrected chi connectivity index (χ3v) is 3.96. The van der Waals surface area contributed by atoms with Crippen LogP contribution in [0.2, 0.25) is 0 Å². The van der Waals surface area contributed by atoms with Crippen molar-refractivity contribution < 1.29 is 13.2 Å². The fourth-order valence-corrected chi connectivity index (χ4v) is 2.48. The molecule has 15 heavy (non-hydrogen) atoms. The zero-order chi connectivity index (χ0) is 11.6. The van der Waals surface area contributed by atoms with Gasteiger partial charge in [0.15, 0.2) is 0 Å².